The maximum atomic E-state index is 5.74. The summed E-state index contributed by atoms with van der Waals surface area (Å²) in [5.41, 5.74) is 11.2. The van der Waals surface area contributed by atoms with Crippen LogP contribution in [0, 0.1) is 0 Å². The Labute approximate surface area is 114 Å². The molecule has 0 aliphatic rings. The molecule has 0 spiro atoms. The zero-order chi connectivity index (χ0) is 13.5. The van der Waals surface area contributed by atoms with E-state index in [9.17, 15) is 0 Å². The molecule has 0 saturated heterocycles. The first-order valence-corrected chi connectivity index (χ1v) is 7.92. The summed E-state index contributed by atoms with van der Waals surface area (Å²) in [5, 5.41) is 0. The molecule has 0 aliphatic heterocycles. The van der Waals surface area contributed by atoms with Crippen molar-refractivity contribution in [3.63, 3.8) is 0 Å². The maximum Gasteiger partial charge on any atom is 0.0165 e. The average molecular weight is 254 g/mol. The minimum Gasteiger partial charge on any atom is -0.329 e. The van der Waals surface area contributed by atoms with Gasteiger partial charge < -0.3 is 11.5 Å². The van der Waals surface area contributed by atoms with Crippen LogP contribution in [-0.2, 0) is 0 Å². The highest BCUT2D eigenvalue weighted by atomic mass is 14.7. The number of rotatable bonds is 13. The predicted octanol–water partition coefficient (Wildman–Crippen LogP) is 4.14. The number of hydrogen-bond acceptors (Lipinski definition) is 2. The number of allylic oxidation sites excluding steroid dienone is 2. The molecule has 2 nitrogen and oxygen atoms in total. The molecule has 0 unspecified atom stereocenters. The molecular weight excluding hydrogens is 220 g/mol. The smallest absolute Gasteiger partial charge is 0.0165 e. The second-order valence-electron chi connectivity index (χ2n) is 5.31. The Balaban J connectivity index is 3.08. The molecule has 0 rings (SSSR count). The van der Waals surface area contributed by atoms with Crippen LogP contribution in [0.3, 0.4) is 0 Å². The van der Waals surface area contributed by atoms with Crippen molar-refractivity contribution >= 4 is 0 Å². The van der Waals surface area contributed by atoms with Gasteiger partial charge in [0.1, 0.15) is 0 Å². The van der Waals surface area contributed by atoms with E-state index >= 15 is 0 Å². The van der Waals surface area contributed by atoms with E-state index in [1.165, 1.54) is 57.8 Å². The lowest BCUT2D eigenvalue weighted by molar-refractivity contribution is 0.577. The molecule has 18 heavy (non-hydrogen) atoms. The average Bonchev–Trinajstić information content (AvgIpc) is 2.39. The van der Waals surface area contributed by atoms with E-state index in [4.69, 9.17) is 11.5 Å². The van der Waals surface area contributed by atoms with Gasteiger partial charge in [-0.3, -0.25) is 0 Å². The topological polar surface area (TPSA) is 52.0 Å². The quantitative estimate of drug-likeness (QED) is 0.383. The summed E-state index contributed by atoms with van der Waals surface area (Å²) in [6.07, 6.45) is 19.1. The summed E-state index contributed by atoms with van der Waals surface area (Å²) < 4.78 is 0. The molecule has 2 heteroatoms. The van der Waals surface area contributed by atoms with Crippen molar-refractivity contribution in [2.45, 2.75) is 83.6 Å². The molecule has 0 bridgehead atoms. The summed E-state index contributed by atoms with van der Waals surface area (Å²) in [7, 11) is 0. The molecular formula is C16H34N2. The standard InChI is InChI=1S/C16H34N2/c1-2-3-4-5-6-7-8-9-10-11-12-13-14-16(18)15-17/h11-12,16H,2-10,13-15,17-18H2,1H3/b12-11-/t16-/m0/s1. The van der Waals surface area contributed by atoms with E-state index in [-0.39, 0.29) is 6.04 Å². The highest BCUT2D eigenvalue weighted by Gasteiger charge is 1.95. The zero-order valence-corrected chi connectivity index (χ0v) is 12.4. The first kappa shape index (κ1) is 17.7. The fourth-order valence-electron chi connectivity index (χ4n) is 2.06. The van der Waals surface area contributed by atoms with Gasteiger partial charge in [0, 0.05) is 12.6 Å². The van der Waals surface area contributed by atoms with Gasteiger partial charge in [-0.2, -0.15) is 0 Å². The van der Waals surface area contributed by atoms with Crippen LogP contribution in [0.25, 0.3) is 0 Å². The van der Waals surface area contributed by atoms with Gasteiger partial charge in [-0.15, -0.1) is 0 Å². The molecule has 0 aromatic heterocycles. The van der Waals surface area contributed by atoms with Crippen LogP contribution in [0.5, 0.6) is 0 Å². The molecule has 4 N–H and O–H groups in total. The van der Waals surface area contributed by atoms with Crippen molar-refractivity contribution in [3.05, 3.63) is 12.2 Å². The highest BCUT2D eigenvalue weighted by molar-refractivity contribution is 4.82. The van der Waals surface area contributed by atoms with Crippen molar-refractivity contribution in [2.75, 3.05) is 6.54 Å². The van der Waals surface area contributed by atoms with E-state index < -0.39 is 0 Å². The van der Waals surface area contributed by atoms with Crippen LogP contribution < -0.4 is 11.5 Å². The Hall–Kier alpha value is -0.340. The van der Waals surface area contributed by atoms with Crippen LogP contribution in [-0.4, -0.2) is 12.6 Å². The normalized spacial score (nSPS) is 13.3. The Morgan fingerprint density at radius 3 is 2.00 bits per heavy atom. The van der Waals surface area contributed by atoms with Gasteiger partial charge in [0.15, 0.2) is 0 Å². The maximum absolute atomic E-state index is 5.74. The van der Waals surface area contributed by atoms with Gasteiger partial charge in [0.25, 0.3) is 0 Å². The van der Waals surface area contributed by atoms with Gasteiger partial charge in [0.2, 0.25) is 0 Å². The van der Waals surface area contributed by atoms with E-state index in [1.54, 1.807) is 0 Å². The van der Waals surface area contributed by atoms with Crippen LogP contribution >= 0.6 is 0 Å². The number of unbranched alkanes of at least 4 members (excludes halogenated alkanes) is 8. The second-order valence-corrected chi connectivity index (χ2v) is 5.31. The third-order valence-corrected chi connectivity index (χ3v) is 3.40. The van der Waals surface area contributed by atoms with E-state index in [0.29, 0.717) is 6.54 Å². The Morgan fingerprint density at radius 2 is 1.39 bits per heavy atom. The van der Waals surface area contributed by atoms with Gasteiger partial charge in [-0.25, -0.2) is 0 Å². The summed E-state index contributed by atoms with van der Waals surface area (Å²) in [6.45, 7) is 2.87. The lowest BCUT2D eigenvalue weighted by Gasteiger charge is -2.04. The monoisotopic (exact) mass is 254 g/mol. The predicted molar refractivity (Wildman–Crippen MR) is 82.6 cm³/mol. The lowest BCUT2D eigenvalue weighted by Crippen LogP contribution is -2.29. The van der Waals surface area contributed by atoms with Gasteiger partial charge in [0.05, 0.1) is 0 Å². The molecule has 0 fully saturated rings. The first-order valence-electron chi connectivity index (χ1n) is 7.92. The van der Waals surface area contributed by atoms with E-state index in [0.717, 1.165) is 12.8 Å². The fraction of sp³-hybridized carbons (Fsp3) is 0.875. The third kappa shape index (κ3) is 13.7. The SMILES string of the molecule is CCCCCCCCCC/C=C\CC[C@H](N)CN. The molecule has 0 aliphatic carbocycles. The minimum atomic E-state index is 0.178. The van der Waals surface area contributed by atoms with Crippen LogP contribution in [0.15, 0.2) is 12.2 Å². The van der Waals surface area contributed by atoms with Crippen LogP contribution in [0.1, 0.15) is 77.6 Å². The Morgan fingerprint density at radius 1 is 0.833 bits per heavy atom. The molecule has 0 radical (unpaired) electrons. The molecule has 1 atom stereocenters. The largest absolute Gasteiger partial charge is 0.329 e. The summed E-state index contributed by atoms with van der Waals surface area (Å²) in [4.78, 5) is 0. The molecule has 108 valence electrons. The van der Waals surface area contributed by atoms with E-state index in [1.807, 2.05) is 0 Å². The van der Waals surface area contributed by atoms with E-state index in [2.05, 4.69) is 19.1 Å². The van der Waals surface area contributed by atoms with Crippen molar-refractivity contribution in [2.24, 2.45) is 11.5 Å². The molecule has 0 heterocycles. The van der Waals surface area contributed by atoms with Crippen molar-refractivity contribution in [1.29, 1.82) is 0 Å². The molecule has 0 saturated carbocycles. The summed E-state index contributed by atoms with van der Waals surface area (Å²) >= 11 is 0. The second kappa shape index (κ2) is 14.7. The van der Waals surface area contributed by atoms with Gasteiger partial charge in [-0.05, 0) is 25.7 Å². The van der Waals surface area contributed by atoms with Gasteiger partial charge >= 0.3 is 0 Å². The lowest BCUT2D eigenvalue weighted by atomic mass is 10.1. The number of nitrogens with two attached hydrogens (primary N) is 2. The summed E-state index contributed by atoms with van der Waals surface area (Å²) in [6, 6.07) is 0.178. The fourth-order valence-corrected chi connectivity index (χ4v) is 2.06. The Bertz CT molecular complexity index is 178. The molecule has 0 aromatic rings. The van der Waals surface area contributed by atoms with Crippen molar-refractivity contribution in [3.8, 4) is 0 Å². The molecule has 0 amide bonds. The number of hydrogen-bond donors (Lipinski definition) is 2. The molecule has 0 aromatic carbocycles. The van der Waals surface area contributed by atoms with Crippen LogP contribution in [0.2, 0.25) is 0 Å². The Kier molecular flexibility index (Phi) is 14.4. The van der Waals surface area contributed by atoms with Crippen molar-refractivity contribution in [1.82, 2.24) is 0 Å². The minimum absolute atomic E-state index is 0.178. The third-order valence-electron chi connectivity index (χ3n) is 3.40. The zero-order valence-electron chi connectivity index (χ0n) is 12.4. The van der Waals surface area contributed by atoms with Gasteiger partial charge in [-0.1, -0.05) is 64.0 Å². The first-order chi connectivity index (χ1) is 8.81. The summed E-state index contributed by atoms with van der Waals surface area (Å²) in [5.74, 6) is 0. The van der Waals surface area contributed by atoms with Crippen molar-refractivity contribution < 1.29 is 0 Å². The highest BCUT2D eigenvalue weighted by Crippen LogP contribution is 2.09. The van der Waals surface area contributed by atoms with Crippen LogP contribution in [0.4, 0.5) is 0 Å².